The molecule has 23 heavy (non-hydrogen) atoms. The van der Waals surface area contributed by atoms with Crippen LogP contribution in [0.4, 0.5) is 0 Å². The fourth-order valence-electron chi connectivity index (χ4n) is 2.94. The van der Waals surface area contributed by atoms with Crippen LogP contribution in [0, 0.1) is 13.8 Å². The number of benzene rings is 1. The van der Waals surface area contributed by atoms with E-state index in [2.05, 4.69) is 11.9 Å². The number of ether oxygens (including phenoxy) is 2. The summed E-state index contributed by atoms with van der Waals surface area (Å²) in [5.74, 6) is 2.41. The smallest absolute Gasteiger partial charge is 0.226 e. The van der Waals surface area contributed by atoms with Crippen molar-refractivity contribution in [3.63, 3.8) is 0 Å². The van der Waals surface area contributed by atoms with E-state index in [9.17, 15) is 0 Å². The number of rotatable bonds is 5. The first kappa shape index (κ1) is 16.0. The second-order valence-corrected chi connectivity index (χ2v) is 6.14. The average Bonchev–Trinajstić information content (AvgIpc) is 3.18. The van der Waals surface area contributed by atoms with E-state index >= 15 is 0 Å². The topological polar surface area (TPSA) is 47.7 Å². The summed E-state index contributed by atoms with van der Waals surface area (Å²) < 4.78 is 16.6. The number of hydrogen-bond acceptors (Lipinski definition) is 5. The van der Waals surface area contributed by atoms with Crippen LogP contribution < -0.4 is 4.74 Å². The summed E-state index contributed by atoms with van der Waals surface area (Å²) in [5.41, 5.74) is 3.04. The number of methoxy groups -OCH3 is 1. The van der Waals surface area contributed by atoms with Gasteiger partial charge in [-0.3, -0.25) is 4.90 Å². The van der Waals surface area contributed by atoms with Crippen molar-refractivity contribution in [2.75, 3.05) is 27.4 Å². The third kappa shape index (κ3) is 3.41. The maximum absolute atomic E-state index is 5.88. The predicted molar refractivity (Wildman–Crippen MR) is 88.7 cm³/mol. The minimum atomic E-state index is 0.470. The average molecular weight is 316 g/mol. The van der Waals surface area contributed by atoms with Gasteiger partial charge in [-0.05, 0) is 51.1 Å². The molecule has 0 spiro atoms. The van der Waals surface area contributed by atoms with E-state index in [-0.39, 0.29) is 0 Å². The highest BCUT2D eigenvalue weighted by Crippen LogP contribution is 2.27. The molecule has 0 saturated carbocycles. The molecule has 0 aliphatic carbocycles. The van der Waals surface area contributed by atoms with E-state index in [4.69, 9.17) is 18.9 Å². The first-order valence-electron chi connectivity index (χ1n) is 7.97. The molecular weight excluding hydrogens is 292 g/mol. The Labute approximate surface area is 137 Å². The molecule has 5 nitrogen and oxygen atoms in total. The van der Waals surface area contributed by atoms with Crippen LogP contribution in [-0.2, 0) is 11.3 Å². The number of oxazole rings is 1. The summed E-state index contributed by atoms with van der Waals surface area (Å²) in [6, 6.07) is 6.45. The molecule has 0 bridgehead atoms. The van der Waals surface area contributed by atoms with Gasteiger partial charge in [0.25, 0.3) is 0 Å². The van der Waals surface area contributed by atoms with Crippen LogP contribution in [0.3, 0.4) is 0 Å². The number of hydrogen-bond donors (Lipinski definition) is 0. The standard InChI is InChI=1S/C18H24N2O3/c1-12-9-14(5-6-17(12)21-4)18-19-16(13(2)23-18)10-20(3)15-7-8-22-11-15/h5-6,9,15H,7-8,10-11H2,1-4H3/t15-/m1/s1. The summed E-state index contributed by atoms with van der Waals surface area (Å²) in [6.45, 7) is 6.42. The van der Waals surface area contributed by atoms with Crippen molar-refractivity contribution < 1.29 is 13.9 Å². The van der Waals surface area contributed by atoms with Crippen molar-refractivity contribution in [3.05, 3.63) is 35.2 Å². The van der Waals surface area contributed by atoms with Gasteiger partial charge < -0.3 is 13.9 Å². The van der Waals surface area contributed by atoms with Gasteiger partial charge in [0.2, 0.25) is 5.89 Å². The van der Waals surface area contributed by atoms with Crippen LogP contribution in [0.1, 0.15) is 23.4 Å². The van der Waals surface area contributed by atoms with Gasteiger partial charge in [0.05, 0.1) is 19.4 Å². The lowest BCUT2D eigenvalue weighted by Gasteiger charge is -2.21. The maximum Gasteiger partial charge on any atom is 0.226 e. The van der Waals surface area contributed by atoms with Crippen molar-refractivity contribution in [1.29, 1.82) is 0 Å². The molecule has 5 heteroatoms. The number of nitrogens with zero attached hydrogens (tertiary/aromatic N) is 2. The second kappa shape index (κ2) is 6.72. The Kier molecular flexibility index (Phi) is 4.68. The molecule has 1 aliphatic rings. The van der Waals surface area contributed by atoms with E-state index < -0.39 is 0 Å². The Morgan fingerprint density at radius 2 is 2.17 bits per heavy atom. The van der Waals surface area contributed by atoms with E-state index in [0.717, 1.165) is 54.5 Å². The van der Waals surface area contributed by atoms with Crippen molar-refractivity contribution in [2.45, 2.75) is 32.9 Å². The van der Waals surface area contributed by atoms with Crippen molar-refractivity contribution in [2.24, 2.45) is 0 Å². The van der Waals surface area contributed by atoms with E-state index in [1.807, 2.05) is 32.0 Å². The lowest BCUT2D eigenvalue weighted by molar-refractivity contribution is 0.155. The third-order valence-electron chi connectivity index (χ3n) is 4.46. The Morgan fingerprint density at radius 1 is 1.35 bits per heavy atom. The van der Waals surface area contributed by atoms with Crippen molar-refractivity contribution in [1.82, 2.24) is 9.88 Å². The molecule has 0 radical (unpaired) electrons. The zero-order chi connectivity index (χ0) is 16.4. The highest BCUT2D eigenvalue weighted by atomic mass is 16.5. The minimum absolute atomic E-state index is 0.470. The van der Waals surface area contributed by atoms with Gasteiger partial charge in [0.15, 0.2) is 0 Å². The molecule has 1 aliphatic heterocycles. The third-order valence-corrected chi connectivity index (χ3v) is 4.46. The van der Waals surface area contributed by atoms with Gasteiger partial charge in [0.1, 0.15) is 11.5 Å². The van der Waals surface area contributed by atoms with Gasteiger partial charge in [-0.1, -0.05) is 0 Å². The van der Waals surface area contributed by atoms with Gasteiger partial charge in [0, 0.05) is 24.8 Å². The molecule has 0 N–H and O–H groups in total. The van der Waals surface area contributed by atoms with Crippen LogP contribution in [0.2, 0.25) is 0 Å². The molecule has 1 aromatic carbocycles. The SMILES string of the molecule is COc1ccc(-c2nc(CN(C)[C@@H]3CCOC3)c(C)o2)cc1C. The van der Waals surface area contributed by atoms with Crippen LogP contribution in [-0.4, -0.2) is 43.3 Å². The highest BCUT2D eigenvalue weighted by Gasteiger charge is 2.22. The van der Waals surface area contributed by atoms with Crippen LogP contribution in [0.15, 0.2) is 22.6 Å². The first-order valence-corrected chi connectivity index (χ1v) is 7.97. The predicted octanol–water partition coefficient (Wildman–Crippen LogP) is 3.19. The Bertz CT molecular complexity index is 675. The zero-order valence-electron chi connectivity index (χ0n) is 14.3. The maximum atomic E-state index is 5.88. The Morgan fingerprint density at radius 3 is 2.83 bits per heavy atom. The zero-order valence-corrected chi connectivity index (χ0v) is 14.3. The summed E-state index contributed by atoms with van der Waals surface area (Å²) in [4.78, 5) is 6.99. The van der Waals surface area contributed by atoms with Gasteiger partial charge in [-0.2, -0.15) is 0 Å². The van der Waals surface area contributed by atoms with E-state index in [0.29, 0.717) is 11.9 Å². The minimum Gasteiger partial charge on any atom is -0.496 e. The van der Waals surface area contributed by atoms with E-state index in [1.54, 1.807) is 7.11 Å². The molecule has 124 valence electrons. The molecule has 2 heterocycles. The summed E-state index contributed by atoms with van der Waals surface area (Å²) in [7, 11) is 3.79. The van der Waals surface area contributed by atoms with E-state index in [1.165, 1.54) is 0 Å². The molecule has 1 saturated heterocycles. The van der Waals surface area contributed by atoms with Crippen molar-refractivity contribution >= 4 is 0 Å². The summed E-state index contributed by atoms with van der Waals surface area (Å²) in [5, 5.41) is 0. The van der Waals surface area contributed by atoms with Gasteiger partial charge in [-0.15, -0.1) is 0 Å². The lowest BCUT2D eigenvalue weighted by Crippen LogP contribution is -2.31. The lowest BCUT2D eigenvalue weighted by atomic mass is 10.1. The number of likely N-dealkylation sites (N-methyl/N-ethyl adjacent to an activating group) is 1. The molecule has 2 aromatic rings. The van der Waals surface area contributed by atoms with Crippen LogP contribution >= 0.6 is 0 Å². The molecule has 0 unspecified atom stereocenters. The molecule has 0 amide bonds. The quantitative estimate of drug-likeness (QED) is 0.848. The monoisotopic (exact) mass is 316 g/mol. The Balaban J connectivity index is 1.78. The molecule has 1 fully saturated rings. The van der Waals surface area contributed by atoms with Crippen LogP contribution in [0.5, 0.6) is 5.75 Å². The molecule has 1 aromatic heterocycles. The first-order chi connectivity index (χ1) is 11.1. The fraction of sp³-hybridized carbons (Fsp3) is 0.500. The Hall–Kier alpha value is -1.85. The number of aromatic nitrogens is 1. The number of aryl methyl sites for hydroxylation is 2. The molecule has 1 atom stereocenters. The highest BCUT2D eigenvalue weighted by molar-refractivity contribution is 5.57. The van der Waals surface area contributed by atoms with Gasteiger partial charge in [-0.25, -0.2) is 4.98 Å². The largest absolute Gasteiger partial charge is 0.496 e. The summed E-state index contributed by atoms with van der Waals surface area (Å²) >= 11 is 0. The molecular formula is C18H24N2O3. The van der Waals surface area contributed by atoms with Crippen molar-refractivity contribution in [3.8, 4) is 17.2 Å². The molecule has 3 rings (SSSR count). The van der Waals surface area contributed by atoms with Gasteiger partial charge >= 0.3 is 0 Å². The fourth-order valence-corrected chi connectivity index (χ4v) is 2.94. The normalized spacial score (nSPS) is 17.9. The second-order valence-electron chi connectivity index (χ2n) is 6.14. The summed E-state index contributed by atoms with van der Waals surface area (Å²) in [6.07, 6.45) is 1.08. The van der Waals surface area contributed by atoms with Crippen LogP contribution in [0.25, 0.3) is 11.5 Å².